The Morgan fingerprint density at radius 1 is 1.23 bits per heavy atom. The van der Waals surface area contributed by atoms with Crippen molar-refractivity contribution in [1.29, 1.82) is 0 Å². The third-order valence-corrected chi connectivity index (χ3v) is 5.86. The van der Waals surface area contributed by atoms with Gasteiger partial charge in [-0.25, -0.2) is 14.8 Å². The molecule has 8 nitrogen and oxygen atoms in total. The number of carbonyl (C=O) groups is 2. The molecule has 1 N–H and O–H groups in total. The quantitative estimate of drug-likeness (QED) is 0.705. The molecule has 0 aliphatic carbocycles. The number of imidazole rings is 1. The normalized spacial score (nSPS) is 19.2. The van der Waals surface area contributed by atoms with E-state index >= 15 is 0 Å². The first-order valence-electron chi connectivity index (χ1n) is 10.3. The molecule has 1 saturated heterocycles. The van der Waals surface area contributed by atoms with Gasteiger partial charge in [0, 0.05) is 24.9 Å². The second-order valence-corrected chi connectivity index (χ2v) is 8.05. The molecule has 0 saturated carbocycles. The second-order valence-electron chi connectivity index (χ2n) is 8.05. The summed E-state index contributed by atoms with van der Waals surface area (Å²) in [5, 5.41) is 2.75. The van der Waals surface area contributed by atoms with Crippen LogP contribution in [0.1, 0.15) is 24.0 Å². The van der Waals surface area contributed by atoms with Crippen LogP contribution in [-0.4, -0.2) is 45.2 Å². The number of nitrogens with one attached hydrogen (secondary N) is 1. The lowest BCUT2D eigenvalue weighted by molar-refractivity contribution is -0.119. The maximum absolute atomic E-state index is 12.4. The monoisotopic (exact) mass is 417 g/mol. The van der Waals surface area contributed by atoms with Crippen molar-refractivity contribution >= 4 is 17.7 Å². The van der Waals surface area contributed by atoms with Gasteiger partial charge in [-0.15, -0.1) is 0 Å². The average molecular weight is 417 g/mol. The minimum Gasteiger partial charge on any atom is -0.442 e. The molecule has 158 valence electrons. The highest BCUT2D eigenvalue weighted by molar-refractivity contribution is 5.94. The molecule has 8 heteroatoms. The summed E-state index contributed by atoms with van der Waals surface area (Å²) in [5.41, 5.74) is 4.97. The Kier molecular flexibility index (Phi) is 4.50. The van der Waals surface area contributed by atoms with Crippen LogP contribution in [-0.2, 0) is 16.0 Å². The molecular formula is C23H23N5O3. The Bertz CT molecular complexity index is 1180. The van der Waals surface area contributed by atoms with E-state index in [2.05, 4.69) is 21.4 Å². The summed E-state index contributed by atoms with van der Waals surface area (Å²) >= 11 is 0. The van der Waals surface area contributed by atoms with Gasteiger partial charge in [-0.05, 0) is 55.7 Å². The molecule has 0 radical (unpaired) electrons. The number of anilines is 1. The van der Waals surface area contributed by atoms with Crippen LogP contribution in [0, 0.1) is 13.8 Å². The van der Waals surface area contributed by atoms with Crippen LogP contribution in [0.15, 0.2) is 42.7 Å². The zero-order valence-corrected chi connectivity index (χ0v) is 17.6. The Hall–Kier alpha value is -3.68. The van der Waals surface area contributed by atoms with Crippen LogP contribution >= 0.6 is 0 Å². The number of rotatable bonds is 4. The predicted molar refractivity (Wildman–Crippen MR) is 115 cm³/mol. The molecule has 2 atom stereocenters. The van der Waals surface area contributed by atoms with E-state index in [0.717, 1.165) is 39.7 Å². The van der Waals surface area contributed by atoms with Crippen LogP contribution in [0.25, 0.3) is 16.9 Å². The topological polar surface area (TPSA) is 89.4 Å². The number of cyclic esters (lactones) is 1. The first-order chi connectivity index (χ1) is 14.9. The van der Waals surface area contributed by atoms with Gasteiger partial charge in [0.15, 0.2) is 0 Å². The molecule has 3 aromatic rings. The van der Waals surface area contributed by atoms with Gasteiger partial charge in [-0.2, -0.15) is 0 Å². The molecule has 5 rings (SSSR count). The molecular weight excluding hydrogens is 394 g/mol. The van der Waals surface area contributed by atoms with E-state index in [1.165, 1.54) is 6.92 Å². The van der Waals surface area contributed by atoms with Gasteiger partial charge < -0.3 is 10.1 Å². The fraction of sp³-hybridized carbons (Fsp3) is 0.304. The lowest BCUT2D eigenvalue weighted by Gasteiger charge is -2.16. The summed E-state index contributed by atoms with van der Waals surface area (Å²) in [5.74, 6) is 1.59. The highest BCUT2D eigenvalue weighted by Crippen LogP contribution is 2.40. The van der Waals surface area contributed by atoms with Crippen LogP contribution in [0.5, 0.6) is 0 Å². The number of pyridine rings is 1. The summed E-state index contributed by atoms with van der Waals surface area (Å²) in [7, 11) is 0. The largest absolute Gasteiger partial charge is 0.442 e. The lowest BCUT2D eigenvalue weighted by atomic mass is 10.0. The van der Waals surface area contributed by atoms with Crippen LogP contribution in [0.4, 0.5) is 10.5 Å². The Balaban J connectivity index is 1.39. The Morgan fingerprint density at radius 3 is 2.71 bits per heavy atom. The second kappa shape index (κ2) is 7.23. The van der Waals surface area contributed by atoms with Crippen LogP contribution < -0.4 is 10.2 Å². The molecule has 2 aromatic heterocycles. The molecule has 4 heterocycles. The smallest absolute Gasteiger partial charge is 0.415 e. The fourth-order valence-electron chi connectivity index (χ4n) is 4.43. The lowest BCUT2D eigenvalue weighted by Crippen LogP contribution is -2.40. The van der Waals surface area contributed by atoms with Crippen molar-refractivity contribution in [1.82, 2.24) is 19.9 Å². The number of hydrogen-bond donors (Lipinski definition) is 1. The molecule has 2 aliphatic heterocycles. The number of nitrogens with zero attached hydrogens (tertiary/aromatic N) is 4. The van der Waals surface area contributed by atoms with Crippen molar-refractivity contribution in [3.63, 3.8) is 0 Å². The first kappa shape index (κ1) is 19.3. The Labute approximate surface area is 179 Å². The van der Waals surface area contributed by atoms with Crippen molar-refractivity contribution in [2.24, 2.45) is 0 Å². The summed E-state index contributed by atoms with van der Waals surface area (Å²) in [6.45, 7) is 5.70. The van der Waals surface area contributed by atoms with Crippen molar-refractivity contribution in [2.45, 2.75) is 39.3 Å². The highest BCUT2D eigenvalue weighted by Gasteiger charge is 2.47. The van der Waals surface area contributed by atoms with E-state index < -0.39 is 0 Å². The number of aromatic nitrogens is 3. The minimum absolute atomic E-state index is 0.0995. The molecule has 0 unspecified atom stereocenters. The standard InChI is InChI=1S/C23H23N5O3/c1-13-12-27(14(2)26-13)22-7-5-17(10-25-22)16-4-6-19-18(8-16)9-20-21(11-24-15(3)29)31-23(30)28(19)20/h4-8,10,12,20-21H,9,11H2,1-3H3,(H,24,29)/t20-,21+/m1/s1. The van der Waals surface area contributed by atoms with Gasteiger partial charge in [-0.3, -0.25) is 14.3 Å². The molecule has 0 spiro atoms. The highest BCUT2D eigenvalue weighted by atomic mass is 16.6. The number of hydrogen-bond acceptors (Lipinski definition) is 5. The van der Waals surface area contributed by atoms with Gasteiger partial charge in [0.25, 0.3) is 0 Å². The zero-order chi connectivity index (χ0) is 21.7. The third-order valence-electron chi connectivity index (χ3n) is 5.86. The van der Waals surface area contributed by atoms with E-state index in [9.17, 15) is 9.59 Å². The van der Waals surface area contributed by atoms with Gasteiger partial charge in [-0.1, -0.05) is 6.07 Å². The SMILES string of the molecule is CC(=O)NC[C@@H]1OC(=O)N2c3ccc(-c4ccc(-n5cc(C)nc5C)nc4)cc3C[C@H]12. The fourth-order valence-corrected chi connectivity index (χ4v) is 4.43. The van der Waals surface area contributed by atoms with Crippen molar-refractivity contribution in [3.8, 4) is 16.9 Å². The van der Waals surface area contributed by atoms with Crippen molar-refractivity contribution in [3.05, 3.63) is 59.8 Å². The molecule has 0 bridgehead atoms. The number of carbonyl (C=O) groups excluding carboxylic acids is 2. The number of amides is 2. The van der Waals surface area contributed by atoms with Crippen LogP contribution in [0.2, 0.25) is 0 Å². The molecule has 2 aliphatic rings. The molecule has 31 heavy (non-hydrogen) atoms. The van der Waals surface area contributed by atoms with E-state index in [1.807, 2.05) is 55.1 Å². The van der Waals surface area contributed by atoms with E-state index in [1.54, 1.807) is 4.90 Å². The number of aryl methyl sites for hydroxylation is 2. The first-order valence-corrected chi connectivity index (χ1v) is 10.3. The van der Waals surface area contributed by atoms with Gasteiger partial charge in [0.05, 0.1) is 24.0 Å². The van der Waals surface area contributed by atoms with Gasteiger partial charge in [0.1, 0.15) is 17.7 Å². The molecule has 2 amide bonds. The summed E-state index contributed by atoms with van der Waals surface area (Å²) in [4.78, 5) is 34.4. The average Bonchev–Trinajstić information content (AvgIpc) is 3.38. The maximum Gasteiger partial charge on any atom is 0.415 e. The van der Waals surface area contributed by atoms with Gasteiger partial charge in [0.2, 0.25) is 5.91 Å². The van der Waals surface area contributed by atoms with E-state index in [-0.39, 0.29) is 24.1 Å². The predicted octanol–water partition coefficient (Wildman–Crippen LogP) is 2.94. The number of ether oxygens (including phenoxy) is 1. The summed E-state index contributed by atoms with van der Waals surface area (Å²) in [6.07, 6.45) is 3.81. The van der Waals surface area contributed by atoms with Crippen molar-refractivity contribution in [2.75, 3.05) is 11.4 Å². The van der Waals surface area contributed by atoms with Crippen LogP contribution in [0.3, 0.4) is 0 Å². The summed E-state index contributed by atoms with van der Waals surface area (Å²) < 4.78 is 7.44. The molecule has 1 fully saturated rings. The maximum atomic E-state index is 12.4. The zero-order valence-electron chi connectivity index (χ0n) is 17.6. The minimum atomic E-state index is -0.358. The van der Waals surface area contributed by atoms with Crippen molar-refractivity contribution < 1.29 is 14.3 Å². The molecule has 1 aromatic carbocycles. The summed E-state index contributed by atoms with van der Waals surface area (Å²) in [6, 6.07) is 10.00. The Morgan fingerprint density at radius 2 is 2.03 bits per heavy atom. The van der Waals surface area contributed by atoms with Gasteiger partial charge >= 0.3 is 6.09 Å². The number of benzene rings is 1. The number of fused-ring (bicyclic) bond motifs is 3. The third kappa shape index (κ3) is 3.34. The van der Waals surface area contributed by atoms with E-state index in [4.69, 9.17) is 4.74 Å². The van der Waals surface area contributed by atoms with E-state index in [0.29, 0.717) is 13.0 Å².